The summed E-state index contributed by atoms with van der Waals surface area (Å²) in [5, 5.41) is 5.90. The highest BCUT2D eigenvalue weighted by Gasteiger charge is 2.23. The van der Waals surface area contributed by atoms with Crippen LogP contribution < -0.4 is 5.32 Å². The number of aliphatic imine (C=N–C) groups is 1. The van der Waals surface area contributed by atoms with E-state index in [1.54, 1.807) is 29.8 Å². The van der Waals surface area contributed by atoms with E-state index < -0.39 is 0 Å². The number of nitrogens with zero attached hydrogens (tertiary/aromatic N) is 5. The predicted molar refractivity (Wildman–Crippen MR) is 139 cm³/mol. The van der Waals surface area contributed by atoms with Gasteiger partial charge in [0.1, 0.15) is 17.3 Å². The van der Waals surface area contributed by atoms with E-state index >= 15 is 0 Å². The number of fused-ring (bicyclic) bond motifs is 1. The number of thiazole rings is 1. The minimum Gasteiger partial charge on any atom is -0.375 e. The van der Waals surface area contributed by atoms with Crippen LogP contribution in [-0.2, 0) is 16.0 Å². The zero-order valence-corrected chi connectivity index (χ0v) is 21.0. The molecule has 0 spiro atoms. The number of amides is 1. The fourth-order valence-electron chi connectivity index (χ4n) is 4.43. The molecule has 0 radical (unpaired) electrons. The van der Waals surface area contributed by atoms with E-state index in [1.807, 2.05) is 16.6 Å². The fourth-order valence-corrected chi connectivity index (χ4v) is 6.19. The van der Waals surface area contributed by atoms with E-state index in [0.29, 0.717) is 0 Å². The molecule has 34 heavy (non-hydrogen) atoms. The molecule has 10 heteroatoms. The molecule has 0 aliphatic carbocycles. The van der Waals surface area contributed by atoms with E-state index in [9.17, 15) is 4.79 Å². The highest BCUT2D eigenvalue weighted by Crippen LogP contribution is 2.37. The zero-order valence-electron chi connectivity index (χ0n) is 19.4. The van der Waals surface area contributed by atoms with Gasteiger partial charge in [-0.15, -0.1) is 11.3 Å². The van der Waals surface area contributed by atoms with Crippen LogP contribution in [0.5, 0.6) is 0 Å². The summed E-state index contributed by atoms with van der Waals surface area (Å²) < 4.78 is 4.99. The van der Waals surface area contributed by atoms with Gasteiger partial charge in [-0.05, 0) is 30.2 Å². The smallest absolute Gasteiger partial charge is 0.248 e. The highest BCUT2D eigenvalue weighted by molar-refractivity contribution is 7.22. The number of amidine groups is 1. The number of piperazine rings is 1. The Morgan fingerprint density at radius 2 is 2.09 bits per heavy atom. The number of thiophene rings is 1. The maximum absolute atomic E-state index is 12.1. The third-order valence-corrected chi connectivity index (χ3v) is 8.05. The lowest BCUT2D eigenvalue weighted by atomic mass is 10.1. The number of aromatic nitrogens is 2. The Balaban J connectivity index is 1.31. The second-order valence-corrected chi connectivity index (χ2v) is 10.1. The number of carbonyl (C=O) groups is 1. The lowest BCUT2D eigenvalue weighted by Gasteiger charge is -2.38. The van der Waals surface area contributed by atoms with Crippen LogP contribution in [0.15, 0.2) is 40.6 Å². The number of hydrogen-bond acceptors (Lipinski definition) is 9. The molecule has 3 aromatic rings. The summed E-state index contributed by atoms with van der Waals surface area (Å²) in [5.41, 5.74) is 5.35. The third-order valence-electron chi connectivity index (χ3n) is 6.20. The third kappa shape index (κ3) is 4.70. The number of methoxy groups -OCH3 is 1. The number of rotatable bonds is 6. The number of dihydropyridines is 1. The summed E-state index contributed by atoms with van der Waals surface area (Å²) in [4.78, 5) is 32.3. The Kier molecular flexibility index (Phi) is 6.89. The van der Waals surface area contributed by atoms with Crippen molar-refractivity contribution < 1.29 is 9.53 Å². The fraction of sp³-hybridized carbons (Fsp3) is 0.417. The maximum atomic E-state index is 12.1. The van der Waals surface area contributed by atoms with Crippen LogP contribution >= 0.6 is 22.7 Å². The van der Waals surface area contributed by atoms with Crippen LogP contribution in [0.4, 0.5) is 5.00 Å². The normalized spacial score (nSPS) is 16.5. The van der Waals surface area contributed by atoms with Crippen molar-refractivity contribution in [2.45, 2.75) is 19.8 Å². The molecule has 5 heterocycles. The number of carbonyl (C=O) groups excluding carboxylic acids is 1. The number of aryl methyl sites for hydroxylation is 1. The topological polar surface area (TPSA) is 83.0 Å². The van der Waals surface area contributed by atoms with Crippen LogP contribution in [0.3, 0.4) is 0 Å². The minimum absolute atomic E-state index is 0.0626. The Morgan fingerprint density at radius 3 is 2.82 bits per heavy atom. The molecule has 0 unspecified atom stereocenters. The van der Waals surface area contributed by atoms with Crippen LogP contribution in [0.25, 0.3) is 20.8 Å². The van der Waals surface area contributed by atoms with Gasteiger partial charge in [0.15, 0.2) is 0 Å². The summed E-state index contributed by atoms with van der Waals surface area (Å²) in [6.07, 6.45) is 5.87. The molecule has 1 amide bonds. The van der Waals surface area contributed by atoms with Crippen molar-refractivity contribution >= 4 is 49.6 Å². The van der Waals surface area contributed by atoms with E-state index in [0.717, 1.165) is 71.8 Å². The van der Waals surface area contributed by atoms with E-state index in [-0.39, 0.29) is 12.5 Å². The lowest BCUT2D eigenvalue weighted by molar-refractivity contribution is -0.136. The van der Waals surface area contributed by atoms with Gasteiger partial charge in [0.2, 0.25) is 5.91 Å². The van der Waals surface area contributed by atoms with Crippen molar-refractivity contribution in [2.75, 3.05) is 51.8 Å². The van der Waals surface area contributed by atoms with E-state index in [4.69, 9.17) is 14.7 Å². The van der Waals surface area contributed by atoms with Gasteiger partial charge in [-0.25, -0.2) is 4.98 Å². The molecular weight excluding hydrogens is 468 g/mol. The number of nitrogens with one attached hydrogen (secondary N) is 1. The largest absolute Gasteiger partial charge is 0.375 e. The SMILES string of the molecule is CCc1c(NC2=NCCC(N3CCN(C(=O)COC)CC3)=C2)sc2nc(-c3cncs3)ccc12. The Morgan fingerprint density at radius 1 is 1.24 bits per heavy atom. The molecule has 2 aliphatic heterocycles. The highest BCUT2D eigenvalue weighted by atomic mass is 32.1. The summed E-state index contributed by atoms with van der Waals surface area (Å²) in [6.45, 7) is 6.21. The molecule has 8 nitrogen and oxygen atoms in total. The van der Waals surface area contributed by atoms with Crippen molar-refractivity contribution in [1.29, 1.82) is 0 Å². The molecule has 178 valence electrons. The second kappa shape index (κ2) is 10.2. The van der Waals surface area contributed by atoms with Crippen LogP contribution in [-0.4, -0.2) is 78.0 Å². The summed E-state index contributed by atoms with van der Waals surface area (Å²) in [5.74, 6) is 0.954. The second-order valence-electron chi connectivity index (χ2n) is 8.26. The molecule has 1 saturated heterocycles. The molecule has 5 rings (SSSR count). The van der Waals surface area contributed by atoms with Gasteiger partial charge in [0.05, 0.1) is 21.1 Å². The van der Waals surface area contributed by atoms with Crippen LogP contribution in [0, 0.1) is 0 Å². The summed E-state index contributed by atoms with van der Waals surface area (Å²) in [6, 6.07) is 4.25. The first-order valence-electron chi connectivity index (χ1n) is 11.5. The first-order valence-corrected chi connectivity index (χ1v) is 13.2. The Bertz CT molecular complexity index is 1230. The zero-order chi connectivity index (χ0) is 23.5. The Labute approximate surface area is 207 Å². The Hall–Kier alpha value is -2.82. The van der Waals surface area contributed by atoms with Gasteiger partial charge in [-0.1, -0.05) is 18.3 Å². The van der Waals surface area contributed by atoms with Gasteiger partial charge < -0.3 is 19.9 Å². The van der Waals surface area contributed by atoms with Gasteiger partial charge in [0, 0.05) is 63.5 Å². The molecule has 2 aliphatic rings. The van der Waals surface area contributed by atoms with Crippen molar-refractivity contribution in [3.05, 3.63) is 41.2 Å². The van der Waals surface area contributed by atoms with Crippen molar-refractivity contribution in [3.8, 4) is 10.6 Å². The predicted octanol–water partition coefficient (Wildman–Crippen LogP) is 3.87. The number of ether oxygens (including phenoxy) is 1. The minimum atomic E-state index is 0.0626. The number of anilines is 1. The quantitative estimate of drug-likeness (QED) is 0.558. The average Bonchev–Trinajstić information content (AvgIpc) is 3.52. The van der Waals surface area contributed by atoms with Gasteiger partial charge in [-0.2, -0.15) is 0 Å². The summed E-state index contributed by atoms with van der Waals surface area (Å²) in [7, 11) is 1.56. The maximum Gasteiger partial charge on any atom is 0.248 e. The van der Waals surface area contributed by atoms with Crippen LogP contribution in [0.1, 0.15) is 18.9 Å². The molecule has 0 atom stereocenters. The van der Waals surface area contributed by atoms with Crippen molar-refractivity contribution in [1.82, 2.24) is 19.8 Å². The van der Waals surface area contributed by atoms with Gasteiger partial charge in [0.25, 0.3) is 0 Å². The monoisotopic (exact) mass is 496 g/mol. The first kappa shape index (κ1) is 22.9. The number of pyridine rings is 1. The first-order chi connectivity index (χ1) is 16.7. The lowest BCUT2D eigenvalue weighted by Crippen LogP contribution is -2.49. The van der Waals surface area contributed by atoms with E-state index in [1.165, 1.54) is 16.6 Å². The molecule has 3 aromatic heterocycles. The van der Waals surface area contributed by atoms with Crippen LogP contribution in [0.2, 0.25) is 0 Å². The van der Waals surface area contributed by atoms with E-state index in [2.05, 4.69) is 40.3 Å². The van der Waals surface area contributed by atoms with Gasteiger partial charge in [-0.3, -0.25) is 14.8 Å². The van der Waals surface area contributed by atoms with Gasteiger partial charge >= 0.3 is 0 Å². The molecular formula is C24H28N6O2S2. The standard InChI is InChI=1S/C24H28N6O2S2/c1-3-17-18-4-5-19(20-13-25-15-33-20)27-24(18)34-23(17)28-21-12-16(6-7-26-21)29-8-10-30(11-9-29)22(31)14-32-2/h4-5,12-13,15H,3,6-11,14H2,1-2H3,(H,26,28). The summed E-state index contributed by atoms with van der Waals surface area (Å²) >= 11 is 3.28. The number of hydrogen-bond donors (Lipinski definition) is 1. The molecule has 0 bridgehead atoms. The average molecular weight is 497 g/mol. The molecule has 0 aromatic carbocycles. The van der Waals surface area contributed by atoms with Crippen molar-refractivity contribution in [3.63, 3.8) is 0 Å². The van der Waals surface area contributed by atoms with Crippen molar-refractivity contribution in [2.24, 2.45) is 4.99 Å². The molecule has 0 saturated carbocycles. The molecule has 1 fully saturated rings. The molecule has 1 N–H and O–H groups in total.